The molecule has 0 N–H and O–H groups in total. The van der Waals surface area contributed by atoms with E-state index in [1.54, 1.807) is 43.5 Å². The minimum atomic E-state index is -0.183. The number of carbonyl (C=O) groups is 2. The van der Waals surface area contributed by atoms with E-state index in [-0.39, 0.29) is 74.8 Å². The van der Waals surface area contributed by atoms with Gasteiger partial charge in [-0.3, -0.25) is 9.59 Å². The van der Waals surface area contributed by atoms with E-state index in [4.69, 9.17) is 4.74 Å². The van der Waals surface area contributed by atoms with Crippen molar-refractivity contribution >= 4 is 11.6 Å². The predicted octanol–water partition coefficient (Wildman–Crippen LogP) is 1.45. The zero-order chi connectivity index (χ0) is 17.0. The summed E-state index contributed by atoms with van der Waals surface area (Å²) in [6.45, 7) is 6.37. The maximum atomic E-state index is 12.3. The predicted molar refractivity (Wildman–Crippen MR) is 91.4 cm³/mol. The van der Waals surface area contributed by atoms with Gasteiger partial charge in [0.15, 0.2) is 11.6 Å². The van der Waals surface area contributed by atoms with Crippen LogP contribution in [0.25, 0.3) is 0 Å². The smallest absolute Gasteiger partial charge is 0.497 e. The van der Waals surface area contributed by atoms with Crippen LogP contribution in [-0.4, -0.2) is 18.7 Å². The second-order valence-corrected chi connectivity index (χ2v) is 6.58. The van der Waals surface area contributed by atoms with Crippen molar-refractivity contribution in [1.29, 1.82) is 0 Å². The van der Waals surface area contributed by atoms with E-state index in [2.05, 4.69) is 20.8 Å². The molecule has 2 rings (SSSR count). The molecule has 0 heterocycles. The molecule has 0 spiro atoms. The Morgan fingerprint density at radius 3 is 1.62 bits per heavy atom. The maximum absolute atomic E-state index is 12.3. The molecule has 2 aromatic carbocycles. The number of rotatable bonds is 5. The van der Waals surface area contributed by atoms with Crippen LogP contribution >= 0.6 is 0 Å². The number of ether oxygens (including phenoxy) is 1. The molecular formula is C20H22KO3+. The van der Waals surface area contributed by atoms with Crippen LogP contribution in [0, 0.1) is 0 Å². The van der Waals surface area contributed by atoms with Crippen molar-refractivity contribution < 1.29 is 65.7 Å². The minimum absolute atomic E-state index is 0. The summed E-state index contributed by atoms with van der Waals surface area (Å²) in [4.78, 5) is 24.5. The number of benzene rings is 2. The van der Waals surface area contributed by atoms with Gasteiger partial charge in [0, 0.05) is 11.1 Å². The summed E-state index contributed by atoms with van der Waals surface area (Å²) in [5.74, 6) is 0.342. The van der Waals surface area contributed by atoms with Crippen molar-refractivity contribution in [2.75, 3.05) is 7.11 Å². The van der Waals surface area contributed by atoms with E-state index < -0.39 is 0 Å². The summed E-state index contributed by atoms with van der Waals surface area (Å²) in [7, 11) is 1.57. The van der Waals surface area contributed by atoms with Gasteiger partial charge in [0.25, 0.3) is 0 Å². The van der Waals surface area contributed by atoms with E-state index in [0.717, 1.165) is 5.56 Å². The first-order chi connectivity index (χ1) is 10.8. The average molecular weight is 349 g/mol. The van der Waals surface area contributed by atoms with Crippen molar-refractivity contribution in [2.45, 2.75) is 32.6 Å². The first-order valence-electron chi connectivity index (χ1n) is 7.62. The zero-order valence-electron chi connectivity index (χ0n) is 15.1. The molecule has 2 aromatic rings. The Labute approximate surface area is 186 Å². The summed E-state index contributed by atoms with van der Waals surface area (Å²) in [5.41, 5.74) is 2.29. The molecule has 0 radical (unpaired) electrons. The van der Waals surface area contributed by atoms with Gasteiger partial charge in [-0.1, -0.05) is 45.0 Å². The molecule has 0 aliphatic rings. The molecule has 0 fully saturated rings. The third-order valence-corrected chi connectivity index (χ3v) is 3.81. The average Bonchev–Trinajstić information content (AvgIpc) is 2.54. The van der Waals surface area contributed by atoms with Crippen molar-refractivity contribution in [3.05, 3.63) is 65.2 Å². The van der Waals surface area contributed by atoms with Crippen LogP contribution in [0.3, 0.4) is 0 Å². The number of Topliss-reactive ketones (excluding diaryl/α,β-unsaturated/α-hetero) is 2. The van der Waals surface area contributed by atoms with Gasteiger partial charge in [-0.15, -0.1) is 0 Å². The SMILES string of the molecule is COc1ccc(C(=O)CC(=O)c2ccc(C(C)(C)C)cc2)cc1.[K+]. The van der Waals surface area contributed by atoms with Crippen LogP contribution in [-0.2, 0) is 5.41 Å². The summed E-state index contributed by atoms with van der Waals surface area (Å²) >= 11 is 0. The summed E-state index contributed by atoms with van der Waals surface area (Å²) in [6.07, 6.45) is -0.124. The molecule has 0 bridgehead atoms. The molecule has 0 atom stereocenters. The van der Waals surface area contributed by atoms with E-state index >= 15 is 0 Å². The monoisotopic (exact) mass is 349 g/mol. The Morgan fingerprint density at radius 1 is 0.833 bits per heavy atom. The fourth-order valence-corrected chi connectivity index (χ4v) is 2.28. The van der Waals surface area contributed by atoms with Crippen LogP contribution in [0.5, 0.6) is 5.75 Å². The Morgan fingerprint density at radius 2 is 1.25 bits per heavy atom. The summed E-state index contributed by atoms with van der Waals surface area (Å²) in [5, 5.41) is 0. The Bertz CT molecular complexity index is 695. The Kier molecular flexibility index (Phi) is 8.03. The first kappa shape index (κ1) is 21.3. The van der Waals surface area contributed by atoms with Gasteiger partial charge in [-0.25, -0.2) is 0 Å². The maximum Gasteiger partial charge on any atom is 1.00 e. The van der Waals surface area contributed by atoms with Gasteiger partial charge in [-0.2, -0.15) is 0 Å². The molecule has 3 nitrogen and oxygen atoms in total. The Balaban J connectivity index is 0.00000288. The van der Waals surface area contributed by atoms with Crippen LogP contribution in [0.4, 0.5) is 0 Å². The second-order valence-electron chi connectivity index (χ2n) is 6.58. The summed E-state index contributed by atoms with van der Waals surface area (Å²) < 4.78 is 5.06. The Hall–Kier alpha value is -0.784. The number of carbonyl (C=O) groups excluding carboxylic acids is 2. The molecule has 0 saturated carbocycles. The topological polar surface area (TPSA) is 43.4 Å². The quantitative estimate of drug-likeness (QED) is 0.466. The van der Waals surface area contributed by atoms with Gasteiger partial charge < -0.3 is 4.74 Å². The van der Waals surface area contributed by atoms with Crippen LogP contribution < -0.4 is 56.1 Å². The third-order valence-electron chi connectivity index (χ3n) is 3.81. The molecule has 0 aliphatic carbocycles. The number of ketones is 2. The molecule has 24 heavy (non-hydrogen) atoms. The second kappa shape index (κ2) is 9.06. The largest absolute Gasteiger partial charge is 1.00 e. The minimum Gasteiger partial charge on any atom is -0.497 e. The van der Waals surface area contributed by atoms with Gasteiger partial charge in [0.05, 0.1) is 13.5 Å². The van der Waals surface area contributed by atoms with Crippen LogP contribution in [0.15, 0.2) is 48.5 Å². The molecule has 4 heteroatoms. The molecule has 120 valence electrons. The van der Waals surface area contributed by atoms with E-state index in [1.165, 1.54) is 0 Å². The fraction of sp³-hybridized carbons (Fsp3) is 0.300. The van der Waals surface area contributed by atoms with Crippen molar-refractivity contribution in [1.82, 2.24) is 0 Å². The first-order valence-corrected chi connectivity index (χ1v) is 7.62. The number of hydrogen-bond acceptors (Lipinski definition) is 3. The molecule has 0 saturated heterocycles. The van der Waals surface area contributed by atoms with Gasteiger partial charge >= 0.3 is 51.4 Å². The molecular weight excluding hydrogens is 327 g/mol. The number of hydrogen-bond donors (Lipinski definition) is 0. The van der Waals surface area contributed by atoms with Crippen LogP contribution in [0.1, 0.15) is 53.5 Å². The zero-order valence-corrected chi connectivity index (χ0v) is 18.2. The van der Waals surface area contributed by atoms with Crippen molar-refractivity contribution in [2.24, 2.45) is 0 Å². The molecule has 0 aliphatic heterocycles. The van der Waals surface area contributed by atoms with Crippen LogP contribution in [0.2, 0.25) is 0 Å². The molecule has 0 unspecified atom stereocenters. The fourth-order valence-electron chi connectivity index (χ4n) is 2.28. The van der Waals surface area contributed by atoms with Crippen molar-refractivity contribution in [3.63, 3.8) is 0 Å². The van der Waals surface area contributed by atoms with Gasteiger partial charge in [0.2, 0.25) is 0 Å². The van der Waals surface area contributed by atoms with Crippen molar-refractivity contribution in [3.8, 4) is 5.75 Å². The van der Waals surface area contributed by atoms with Gasteiger partial charge in [-0.05, 0) is 35.2 Å². The van der Waals surface area contributed by atoms with Gasteiger partial charge in [0.1, 0.15) is 5.75 Å². The van der Waals surface area contributed by atoms with E-state index in [9.17, 15) is 9.59 Å². The number of methoxy groups -OCH3 is 1. The summed E-state index contributed by atoms with van der Waals surface area (Å²) in [6, 6.07) is 14.3. The van der Waals surface area contributed by atoms with E-state index in [1.807, 2.05) is 12.1 Å². The van der Waals surface area contributed by atoms with E-state index in [0.29, 0.717) is 16.9 Å². The molecule has 0 amide bonds. The third kappa shape index (κ3) is 5.64. The molecule has 0 aromatic heterocycles. The normalized spacial score (nSPS) is 10.7. The standard InChI is InChI=1S/C20H22O3.K/c1-20(2,3)16-9-5-14(6-10-16)18(21)13-19(22)15-7-11-17(23-4)12-8-15;/h5-12H,13H2,1-4H3;/q;+1.